The van der Waals surface area contributed by atoms with E-state index in [0.717, 1.165) is 11.6 Å². The minimum atomic E-state index is 0.568. The summed E-state index contributed by atoms with van der Waals surface area (Å²) in [5.74, 6) is 1.57. The number of nitrogens with zero attached hydrogens (tertiary/aromatic N) is 1. The fourth-order valence-electron chi connectivity index (χ4n) is 2.51. The lowest BCUT2D eigenvalue weighted by Crippen LogP contribution is -2.19. The van der Waals surface area contributed by atoms with Gasteiger partial charge in [-0.15, -0.1) is 0 Å². The van der Waals surface area contributed by atoms with Crippen LogP contribution in [0.3, 0.4) is 0 Å². The summed E-state index contributed by atoms with van der Waals surface area (Å²) in [7, 11) is 1.67. The molecule has 1 aliphatic carbocycles. The first-order chi connectivity index (χ1) is 8.29. The van der Waals surface area contributed by atoms with Crippen LogP contribution in [0, 0.1) is 5.92 Å². The van der Waals surface area contributed by atoms with Crippen molar-refractivity contribution in [2.75, 3.05) is 12.4 Å². The average Bonchev–Trinajstić information content (AvgIpc) is 2.55. The number of anilines is 1. The Kier molecular flexibility index (Phi) is 4.24. The van der Waals surface area contributed by atoms with Gasteiger partial charge in [-0.2, -0.15) is 0 Å². The molecule has 0 aromatic carbocycles. The van der Waals surface area contributed by atoms with Crippen molar-refractivity contribution in [1.29, 1.82) is 0 Å². The second kappa shape index (κ2) is 5.89. The first-order valence-corrected chi connectivity index (χ1v) is 6.55. The number of methoxy groups -OCH3 is 1. The largest absolute Gasteiger partial charge is 0.480 e. The molecule has 0 aliphatic heterocycles. The van der Waals surface area contributed by atoms with E-state index in [4.69, 9.17) is 4.74 Å². The maximum Gasteiger partial charge on any atom is 0.237 e. The Bertz CT molecular complexity index is 354. The van der Waals surface area contributed by atoms with Crippen molar-refractivity contribution in [2.24, 2.45) is 5.92 Å². The van der Waals surface area contributed by atoms with Gasteiger partial charge < -0.3 is 10.1 Å². The quantitative estimate of drug-likeness (QED) is 0.813. The molecule has 0 radical (unpaired) electrons. The predicted molar refractivity (Wildman–Crippen MR) is 70.4 cm³/mol. The third kappa shape index (κ3) is 3.35. The van der Waals surface area contributed by atoms with E-state index in [1.54, 1.807) is 13.3 Å². The van der Waals surface area contributed by atoms with Crippen LogP contribution in [-0.4, -0.2) is 18.1 Å². The van der Waals surface area contributed by atoms with Gasteiger partial charge in [-0.25, -0.2) is 4.98 Å². The minimum Gasteiger partial charge on any atom is -0.480 e. The minimum absolute atomic E-state index is 0.568. The molecule has 1 saturated carbocycles. The maximum absolute atomic E-state index is 5.27. The van der Waals surface area contributed by atoms with Gasteiger partial charge in [-0.3, -0.25) is 0 Å². The highest BCUT2D eigenvalue weighted by Crippen LogP contribution is 2.27. The smallest absolute Gasteiger partial charge is 0.237 e. The summed E-state index contributed by atoms with van der Waals surface area (Å²) in [6.45, 7) is 2.35. The van der Waals surface area contributed by atoms with Crippen LogP contribution in [0.4, 0.5) is 5.69 Å². The van der Waals surface area contributed by atoms with Gasteiger partial charge >= 0.3 is 0 Å². The third-order valence-corrected chi connectivity index (χ3v) is 3.58. The van der Waals surface area contributed by atoms with Gasteiger partial charge in [0.2, 0.25) is 5.88 Å². The number of aromatic nitrogens is 1. The monoisotopic (exact) mass is 234 g/mol. The zero-order chi connectivity index (χ0) is 12.1. The number of nitrogens with one attached hydrogen (secondary N) is 1. The van der Waals surface area contributed by atoms with Crippen molar-refractivity contribution in [1.82, 2.24) is 4.98 Å². The zero-order valence-electron chi connectivity index (χ0n) is 10.8. The lowest BCUT2D eigenvalue weighted by Gasteiger charge is -2.18. The maximum atomic E-state index is 5.27. The molecule has 1 aromatic heterocycles. The zero-order valence-corrected chi connectivity index (χ0v) is 10.8. The molecule has 1 fully saturated rings. The number of ether oxygens (including phenoxy) is 1. The van der Waals surface area contributed by atoms with Crippen LogP contribution in [0.15, 0.2) is 18.3 Å². The molecular formula is C14H22N2O. The van der Waals surface area contributed by atoms with E-state index in [0.29, 0.717) is 11.9 Å². The highest BCUT2D eigenvalue weighted by molar-refractivity contribution is 5.52. The van der Waals surface area contributed by atoms with Crippen LogP contribution >= 0.6 is 0 Å². The summed E-state index contributed by atoms with van der Waals surface area (Å²) >= 11 is 0. The van der Waals surface area contributed by atoms with Crippen LogP contribution in [0.2, 0.25) is 0 Å². The lowest BCUT2D eigenvalue weighted by molar-refractivity contribution is 0.398. The van der Waals surface area contributed by atoms with Gasteiger partial charge in [0.1, 0.15) is 0 Å². The summed E-state index contributed by atoms with van der Waals surface area (Å²) in [5.41, 5.74) is 1.02. The first-order valence-electron chi connectivity index (χ1n) is 6.55. The van der Waals surface area contributed by atoms with Gasteiger partial charge in [0.05, 0.1) is 12.8 Å². The van der Waals surface area contributed by atoms with Gasteiger partial charge in [0, 0.05) is 12.2 Å². The Labute approximate surface area is 104 Å². The summed E-state index contributed by atoms with van der Waals surface area (Å²) in [4.78, 5) is 4.22. The van der Waals surface area contributed by atoms with Crippen LogP contribution in [0.5, 0.6) is 5.88 Å². The molecule has 17 heavy (non-hydrogen) atoms. The first kappa shape index (κ1) is 12.2. The molecule has 0 bridgehead atoms. The van der Waals surface area contributed by atoms with E-state index >= 15 is 0 Å². The molecule has 1 aromatic rings. The van der Waals surface area contributed by atoms with Gasteiger partial charge in [-0.1, -0.05) is 19.8 Å². The van der Waals surface area contributed by atoms with E-state index in [1.807, 2.05) is 12.1 Å². The Morgan fingerprint density at radius 2 is 2.18 bits per heavy atom. The van der Waals surface area contributed by atoms with Crippen molar-refractivity contribution < 1.29 is 4.74 Å². The molecule has 0 spiro atoms. The fraction of sp³-hybridized carbons (Fsp3) is 0.643. The van der Waals surface area contributed by atoms with Crippen LogP contribution in [0.1, 0.15) is 39.0 Å². The van der Waals surface area contributed by atoms with E-state index in [9.17, 15) is 0 Å². The predicted octanol–water partition coefficient (Wildman–Crippen LogP) is 3.47. The standard InChI is InChI=1S/C14H22N2O/c1-11-5-3-6-12(9-8-11)16-13-7-4-10-15-14(13)17-2/h4,7,10-12,16H,3,5-6,8-9H2,1-2H3. The molecular weight excluding hydrogens is 212 g/mol. The highest BCUT2D eigenvalue weighted by Gasteiger charge is 2.17. The average molecular weight is 234 g/mol. The molecule has 3 nitrogen and oxygen atoms in total. The Hall–Kier alpha value is -1.25. The summed E-state index contributed by atoms with van der Waals surface area (Å²) in [6.07, 6.45) is 8.27. The SMILES string of the molecule is COc1ncccc1NC1CCCC(C)CC1. The van der Waals surface area contributed by atoms with Gasteiger partial charge in [0.25, 0.3) is 0 Å². The number of rotatable bonds is 3. The van der Waals surface area contributed by atoms with Gasteiger partial charge in [0.15, 0.2) is 0 Å². The number of pyridine rings is 1. The second-order valence-electron chi connectivity index (χ2n) is 5.01. The Morgan fingerprint density at radius 3 is 3.00 bits per heavy atom. The van der Waals surface area contributed by atoms with Gasteiger partial charge in [-0.05, 0) is 37.3 Å². The molecule has 2 atom stereocenters. The summed E-state index contributed by atoms with van der Waals surface area (Å²) < 4.78 is 5.27. The lowest BCUT2D eigenvalue weighted by atomic mass is 10.0. The van der Waals surface area contributed by atoms with E-state index in [2.05, 4.69) is 17.2 Å². The Balaban J connectivity index is 1.99. The van der Waals surface area contributed by atoms with E-state index in [1.165, 1.54) is 32.1 Å². The summed E-state index contributed by atoms with van der Waals surface area (Å²) in [5, 5.41) is 3.57. The van der Waals surface area contributed by atoms with Crippen LogP contribution < -0.4 is 10.1 Å². The van der Waals surface area contributed by atoms with Crippen LogP contribution in [0.25, 0.3) is 0 Å². The molecule has 1 N–H and O–H groups in total. The molecule has 0 saturated heterocycles. The fourth-order valence-corrected chi connectivity index (χ4v) is 2.51. The molecule has 94 valence electrons. The van der Waals surface area contributed by atoms with Crippen molar-refractivity contribution in [3.63, 3.8) is 0 Å². The van der Waals surface area contributed by atoms with E-state index in [-0.39, 0.29) is 0 Å². The van der Waals surface area contributed by atoms with Crippen molar-refractivity contribution in [3.05, 3.63) is 18.3 Å². The van der Waals surface area contributed by atoms with Crippen molar-refractivity contribution in [3.8, 4) is 5.88 Å². The topological polar surface area (TPSA) is 34.1 Å². The van der Waals surface area contributed by atoms with Crippen LogP contribution in [-0.2, 0) is 0 Å². The van der Waals surface area contributed by atoms with Crippen molar-refractivity contribution in [2.45, 2.75) is 45.1 Å². The highest BCUT2D eigenvalue weighted by atomic mass is 16.5. The Morgan fingerprint density at radius 1 is 1.29 bits per heavy atom. The molecule has 1 aliphatic rings. The normalized spacial score (nSPS) is 25.1. The molecule has 2 unspecified atom stereocenters. The second-order valence-corrected chi connectivity index (χ2v) is 5.01. The number of hydrogen-bond donors (Lipinski definition) is 1. The van der Waals surface area contributed by atoms with Crippen molar-refractivity contribution >= 4 is 5.69 Å². The molecule has 3 heteroatoms. The molecule has 2 rings (SSSR count). The molecule has 0 amide bonds. The number of hydrogen-bond acceptors (Lipinski definition) is 3. The third-order valence-electron chi connectivity index (χ3n) is 3.58. The molecule has 1 heterocycles. The van der Waals surface area contributed by atoms with E-state index < -0.39 is 0 Å². The summed E-state index contributed by atoms with van der Waals surface area (Å²) in [6, 6.07) is 4.56.